The minimum atomic E-state index is -0.556. The van der Waals surface area contributed by atoms with Crippen molar-refractivity contribution in [3.63, 3.8) is 0 Å². The third-order valence-corrected chi connectivity index (χ3v) is 6.67. The Morgan fingerprint density at radius 3 is 2.53 bits per heavy atom. The second-order valence-corrected chi connectivity index (χ2v) is 9.56. The van der Waals surface area contributed by atoms with E-state index in [1.54, 1.807) is 14.2 Å². The molecule has 1 saturated heterocycles. The number of allylic oxidation sites excluding steroid dienone is 2. The molecule has 3 aliphatic rings. The van der Waals surface area contributed by atoms with Gasteiger partial charge in [0, 0.05) is 54.0 Å². The molecule has 0 aromatic heterocycles. The number of amides is 1. The predicted molar refractivity (Wildman–Crippen MR) is 121 cm³/mol. The van der Waals surface area contributed by atoms with Gasteiger partial charge in [0.05, 0.1) is 33.4 Å². The fourth-order valence-electron chi connectivity index (χ4n) is 5.16. The van der Waals surface area contributed by atoms with Crippen molar-refractivity contribution in [1.29, 1.82) is 0 Å². The average Bonchev–Trinajstić information content (AvgIpc) is 2.77. The summed E-state index contributed by atoms with van der Waals surface area (Å²) in [5.41, 5.74) is 2.86. The van der Waals surface area contributed by atoms with E-state index >= 15 is 0 Å². The summed E-state index contributed by atoms with van der Waals surface area (Å²) in [7, 11) is 3.20. The molecular weight excluding hydrogens is 408 g/mol. The lowest BCUT2D eigenvalue weighted by atomic mass is 9.66. The zero-order chi connectivity index (χ0) is 23.0. The van der Waals surface area contributed by atoms with Crippen LogP contribution in [0.3, 0.4) is 0 Å². The van der Waals surface area contributed by atoms with Crippen LogP contribution < -0.4 is 9.47 Å². The molecule has 1 aromatic carbocycles. The number of hydrogen-bond donors (Lipinski definition) is 0. The van der Waals surface area contributed by atoms with Crippen LogP contribution in [0.15, 0.2) is 34.5 Å². The summed E-state index contributed by atoms with van der Waals surface area (Å²) in [4.78, 5) is 33.9. The van der Waals surface area contributed by atoms with E-state index in [1.807, 2.05) is 30.0 Å². The van der Waals surface area contributed by atoms with E-state index in [0.29, 0.717) is 56.2 Å². The van der Waals surface area contributed by atoms with Gasteiger partial charge in [0.1, 0.15) is 11.5 Å². The molecule has 0 N–H and O–H groups in total. The van der Waals surface area contributed by atoms with Gasteiger partial charge in [-0.3, -0.25) is 14.6 Å². The van der Waals surface area contributed by atoms with Crippen LogP contribution >= 0.6 is 0 Å². The van der Waals surface area contributed by atoms with E-state index in [1.165, 1.54) is 0 Å². The summed E-state index contributed by atoms with van der Waals surface area (Å²) in [6.45, 7) is 8.21. The van der Waals surface area contributed by atoms with Crippen molar-refractivity contribution in [1.82, 2.24) is 4.90 Å². The monoisotopic (exact) mass is 440 g/mol. The molecule has 1 unspecified atom stereocenters. The molecule has 2 aliphatic heterocycles. The Kier molecular flexibility index (Phi) is 6.12. The first-order valence-electron chi connectivity index (χ1n) is 11.2. The molecule has 172 valence electrons. The van der Waals surface area contributed by atoms with E-state index in [9.17, 15) is 9.59 Å². The fourth-order valence-corrected chi connectivity index (χ4v) is 5.16. The molecule has 2 atom stereocenters. The van der Waals surface area contributed by atoms with E-state index in [0.717, 1.165) is 17.0 Å². The number of methoxy groups -OCH3 is 2. The maximum absolute atomic E-state index is 13.8. The summed E-state index contributed by atoms with van der Waals surface area (Å²) in [6, 6.07) is 5.58. The van der Waals surface area contributed by atoms with Crippen molar-refractivity contribution >= 4 is 17.4 Å². The van der Waals surface area contributed by atoms with E-state index in [4.69, 9.17) is 19.2 Å². The van der Waals surface area contributed by atoms with Gasteiger partial charge in [-0.05, 0) is 24.8 Å². The lowest BCUT2D eigenvalue weighted by Crippen LogP contribution is -2.49. The van der Waals surface area contributed by atoms with Gasteiger partial charge in [-0.25, -0.2) is 0 Å². The molecule has 1 aromatic rings. The molecule has 7 nitrogen and oxygen atoms in total. The summed E-state index contributed by atoms with van der Waals surface area (Å²) >= 11 is 0. The van der Waals surface area contributed by atoms with Gasteiger partial charge in [0.15, 0.2) is 5.78 Å². The van der Waals surface area contributed by atoms with Crippen molar-refractivity contribution in [2.45, 2.75) is 39.5 Å². The molecule has 0 spiro atoms. The number of ether oxygens (including phenoxy) is 3. The van der Waals surface area contributed by atoms with Gasteiger partial charge in [0.25, 0.3) is 0 Å². The smallest absolute Gasteiger partial charge is 0.232 e. The molecule has 1 aliphatic carbocycles. The molecule has 0 bridgehead atoms. The number of hydrogen-bond acceptors (Lipinski definition) is 6. The molecule has 32 heavy (non-hydrogen) atoms. The zero-order valence-electron chi connectivity index (χ0n) is 19.6. The number of carbonyl (C=O) groups is 2. The van der Waals surface area contributed by atoms with Crippen LogP contribution in [0.1, 0.15) is 45.1 Å². The summed E-state index contributed by atoms with van der Waals surface area (Å²) in [6.07, 6.45) is 1.15. The highest BCUT2D eigenvalue weighted by atomic mass is 16.5. The number of Topliss-reactive ketones (excluding diaryl/α,β-unsaturated/α-hetero) is 1. The second-order valence-electron chi connectivity index (χ2n) is 9.56. The van der Waals surface area contributed by atoms with Crippen LogP contribution in [0.25, 0.3) is 0 Å². The SMILES string of the molecule is COc1ccc([C@H]2C3=C(CC(C)(C)CC3=O)N=C(C)C2C(=O)N2CCOCC2)c(OC)c1. The molecule has 1 amide bonds. The number of rotatable bonds is 4. The summed E-state index contributed by atoms with van der Waals surface area (Å²) in [5.74, 6) is 0.319. The standard InChI is InChI=1S/C25H32N2O5/c1-15-21(24(29)27-8-10-32-11-9-27)22(17-7-6-16(30-4)12-20(17)31-5)23-18(26-15)13-25(2,3)14-19(23)28/h6-7,12,21-22H,8-11,13-14H2,1-5H3/t21?,22-/m1/s1. The maximum atomic E-state index is 13.8. The van der Waals surface area contributed by atoms with Gasteiger partial charge >= 0.3 is 0 Å². The Morgan fingerprint density at radius 1 is 1.16 bits per heavy atom. The Morgan fingerprint density at radius 2 is 1.88 bits per heavy atom. The van der Waals surface area contributed by atoms with Gasteiger partial charge in [-0.1, -0.05) is 19.9 Å². The van der Waals surface area contributed by atoms with Crippen LogP contribution in [0, 0.1) is 11.3 Å². The van der Waals surface area contributed by atoms with Crippen LogP contribution in [-0.2, 0) is 14.3 Å². The van der Waals surface area contributed by atoms with Crippen molar-refractivity contribution in [3.05, 3.63) is 35.0 Å². The topological polar surface area (TPSA) is 77.4 Å². The third-order valence-electron chi connectivity index (χ3n) is 6.67. The lowest BCUT2D eigenvalue weighted by molar-refractivity contribution is -0.138. The van der Waals surface area contributed by atoms with Gasteiger partial charge in [0.2, 0.25) is 5.91 Å². The van der Waals surface area contributed by atoms with Gasteiger partial charge in [-0.2, -0.15) is 0 Å². The molecule has 1 fully saturated rings. The highest BCUT2D eigenvalue weighted by Gasteiger charge is 2.47. The first-order chi connectivity index (χ1) is 15.3. The second kappa shape index (κ2) is 8.70. The van der Waals surface area contributed by atoms with Crippen molar-refractivity contribution < 1.29 is 23.8 Å². The number of aliphatic imine (C=N–C) groups is 1. The lowest BCUT2D eigenvalue weighted by Gasteiger charge is -2.41. The molecular formula is C25H32N2O5. The Balaban J connectivity index is 1.87. The fraction of sp³-hybridized carbons (Fsp3) is 0.560. The Hall–Kier alpha value is -2.67. The highest BCUT2D eigenvalue weighted by Crippen LogP contribution is 2.50. The van der Waals surface area contributed by atoms with Crippen LogP contribution in [0.4, 0.5) is 0 Å². The minimum Gasteiger partial charge on any atom is -0.497 e. The summed E-state index contributed by atoms with van der Waals surface area (Å²) in [5, 5.41) is 0. The quantitative estimate of drug-likeness (QED) is 0.717. The first kappa shape index (κ1) is 22.5. The van der Waals surface area contributed by atoms with E-state index in [2.05, 4.69) is 13.8 Å². The number of carbonyl (C=O) groups excluding carboxylic acids is 2. The van der Waals surface area contributed by atoms with Crippen LogP contribution in [0.2, 0.25) is 0 Å². The zero-order valence-corrected chi connectivity index (χ0v) is 19.6. The first-order valence-corrected chi connectivity index (χ1v) is 11.2. The van der Waals surface area contributed by atoms with Crippen molar-refractivity contribution in [3.8, 4) is 11.5 Å². The van der Waals surface area contributed by atoms with E-state index < -0.39 is 11.8 Å². The Bertz CT molecular complexity index is 988. The number of benzene rings is 1. The number of ketones is 1. The molecule has 7 heteroatoms. The maximum Gasteiger partial charge on any atom is 0.232 e. The van der Waals surface area contributed by atoms with Gasteiger partial charge in [-0.15, -0.1) is 0 Å². The average molecular weight is 441 g/mol. The predicted octanol–water partition coefficient (Wildman–Crippen LogP) is 3.38. The van der Waals surface area contributed by atoms with Crippen molar-refractivity contribution in [2.24, 2.45) is 16.3 Å². The number of nitrogens with zero attached hydrogens (tertiary/aromatic N) is 2. The number of morpholine rings is 1. The van der Waals surface area contributed by atoms with E-state index in [-0.39, 0.29) is 17.1 Å². The largest absolute Gasteiger partial charge is 0.497 e. The van der Waals surface area contributed by atoms with Gasteiger partial charge < -0.3 is 19.1 Å². The van der Waals surface area contributed by atoms with Crippen LogP contribution in [-0.4, -0.2) is 62.8 Å². The molecule has 0 saturated carbocycles. The highest BCUT2D eigenvalue weighted by molar-refractivity contribution is 6.10. The molecule has 4 rings (SSSR count). The summed E-state index contributed by atoms with van der Waals surface area (Å²) < 4.78 is 16.5. The normalized spacial score (nSPS) is 25.2. The van der Waals surface area contributed by atoms with Crippen LogP contribution in [0.5, 0.6) is 11.5 Å². The molecule has 2 heterocycles. The molecule has 0 radical (unpaired) electrons. The Labute approximate surface area is 189 Å². The third kappa shape index (κ3) is 4.06. The minimum absolute atomic E-state index is 0.0124. The van der Waals surface area contributed by atoms with Crippen molar-refractivity contribution in [2.75, 3.05) is 40.5 Å².